The fourth-order valence-electron chi connectivity index (χ4n) is 6.77. The maximum atomic E-state index is 5.04. The van der Waals surface area contributed by atoms with Crippen molar-refractivity contribution in [3.8, 4) is 61.0 Å². The highest BCUT2D eigenvalue weighted by molar-refractivity contribution is 7.28. The number of hydrogen-bond donors (Lipinski definition) is 0. The van der Waals surface area contributed by atoms with Gasteiger partial charge in [0.15, 0.2) is 0 Å². The van der Waals surface area contributed by atoms with Crippen LogP contribution in [0.2, 0.25) is 0 Å². The largest absolute Gasteiger partial charge is 0.378 e. The first-order chi connectivity index (χ1) is 27.6. The van der Waals surface area contributed by atoms with Crippen molar-refractivity contribution in [3.05, 3.63) is 109 Å². The Balaban J connectivity index is 1.04. The molecular weight excluding hydrogens is 817 g/mol. The second kappa shape index (κ2) is 14.5. The molecule has 12 heteroatoms. The molecule has 0 aliphatic rings. The van der Waals surface area contributed by atoms with Crippen LogP contribution < -0.4 is 14.7 Å². The van der Waals surface area contributed by atoms with Gasteiger partial charge >= 0.3 is 0 Å². The zero-order valence-corrected chi connectivity index (χ0v) is 36.9. The summed E-state index contributed by atoms with van der Waals surface area (Å²) in [6.07, 6.45) is 0. The van der Waals surface area contributed by atoms with Crippen LogP contribution in [0.3, 0.4) is 0 Å². The minimum absolute atomic E-state index is 1.04. The summed E-state index contributed by atoms with van der Waals surface area (Å²) in [7, 11) is 12.5. The predicted octanol–water partition coefficient (Wildman–Crippen LogP) is 13.9. The van der Waals surface area contributed by atoms with Gasteiger partial charge < -0.3 is 14.7 Å². The van der Waals surface area contributed by atoms with E-state index in [2.05, 4.69) is 166 Å². The van der Waals surface area contributed by atoms with E-state index in [-0.39, 0.29) is 0 Å². The highest BCUT2D eigenvalue weighted by atomic mass is 32.1. The Labute approximate surface area is 355 Å². The van der Waals surface area contributed by atoms with Crippen LogP contribution in [0.15, 0.2) is 109 Å². The molecule has 6 aromatic heterocycles. The molecule has 10 aromatic rings. The second-order valence-electron chi connectivity index (χ2n) is 14.5. The summed E-state index contributed by atoms with van der Waals surface area (Å²) in [5.74, 6) is 0. The Bertz CT molecular complexity index is 2760. The van der Waals surface area contributed by atoms with Crippen LogP contribution in [0.25, 0.3) is 91.6 Å². The highest BCUT2D eigenvalue weighted by Crippen LogP contribution is 2.46. The summed E-state index contributed by atoms with van der Waals surface area (Å²) in [4.78, 5) is 28.8. The third kappa shape index (κ3) is 6.94. The van der Waals surface area contributed by atoms with Gasteiger partial charge in [0, 0.05) is 74.0 Å². The van der Waals surface area contributed by atoms with Crippen molar-refractivity contribution in [2.24, 2.45) is 0 Å². The van der Waals surface area contributed by atoms with E-state index in [1.807, 2.05) is 34.0 Å². The summed E-state index contributed by atoms with van der Waals surface area (Å²) in [6, 6.07) is 40.0. The fourth-order valence-corrected chi connectivity index (χ4v) is 12.9. The molecule has 0 saturated carbocycles. The molecule has 0 aliphatic heterocycles. The van der Waals surface area contributed by atoms with Crippen LogP contribution >= 0.6 is 68.0 Å². The molecule has 0 amide bonds. The van der Waals surface area contributed by atoms with Crippen molar-refractivity contribution in [2.75, 3.05) is 57.0 Å². The molecule has 0 spiro atoms. The zero-order valence-electron chi connectivity index (χ0n) is 32.0. The van der Waals surface area contributed by atoms with Crippen molar-refractivity contribution in [3.63, 3.8) is 0 Å². The van der Waals surface area contributed by atoms with E-state index in [1.165, 1.54) is 77.1 Å². The maximum Gasteiger partial charge on any atom is 0.134 e. The Morgan fingerprint density at radius 2 is 0.596 bits per heavy atom. The first kappa shape index (κ1) is 36.4. The molecule has 0 fully saturated rings. The molecule has 4 aromatic carbocycles. The van der Waals surface area contributed by atoms with Gasteiger partial charge in [0.25, 0.3) is 0 Å². The lowest BCUT2D eigenvalue weighted by Crippen LogP contribution is -2.07. The number of aromatic nitrogens is 3. The van der Waals surface area contributed by atoms with Crippen molar-refractivity contribution in [1.29, 1.82) is 0 Å². The molecule has 0 N–H and O–H groups in total. The Hall–Kier alpha value is -4.95. The highest BCUT2D eigenvalue weighted by Gasteiger charge is 2.18. The predicted molar refractivity (Wildman–Crippen MR) is 255 cm³/mol. The normalized spacial score (nSPS) is 11.7. The van der Waals surface area contributed by atoms with Gasteiger partial charge in [0.1, 0.15) is 15.0 Å². The zero-order chi connectivity index (χ0) is 38.9. The first-order valence-corrected chi connectivity index (χ1v) is 23.2. The molecule has 6 heterocycles. The van der Waals surface area contributed by atoms with Crippen molar-refractivity contribution >= 4 is 116 Å². The SMILES string of the molecule is CN(C)c1ccc2nc(-c3ccc(-c4cc(-c5ccc(-c6nc7ccc(N(C)C)cc7s6)s5)cc(-c5ccc(-c6nc7ccc(N(C)C)cc7s6)s5)c4)s3)sc2c1. The molecule has 6 nitrogen and oxygen atoms in total. The van der Waals surface area contributed by atoms with Crippen molar-refractivity contribution in [1.82, 2.24) is 15.0 Å². The summed E-state index contributed by atoms with van der Waals surface area (Å²) < 4.78 is 3.61. The summed E-state index contributed by atoms with van der Waals surface area (Å²) >= 11 is 10.7. The monoisotopic (exact) mass is 852 g/mol. The lowest BCUT2D eigenvalue weighted by molar-refractivity contribution is 1.14. The van der Waals surface area contributed by atoms with E-state index >= 15 is 0 Å². The lowest BCUT2D eigenvalue weighted by atomic mass is 10.0. The quantitative estimate of drug-likeness (QED) is 0.144. The van der Waals surface area contributed by atoms with Crippen LogP contribution in [0.4, 0.5) is 17.1 Å². The Morgan fingerprint density at radius 3 is 0.877 bits per heavy atom. The number of thiazole rings is 3. The third-order valence-corrected chi connectivity index (χ3v) is 16.9. The molecule has 10 rings (SSSR count). The van der Waals surface area contributed by atoms with Gasteiger partial charge in [0.2, 0.25) is 0 Å². The second-order valence-corrected chi connectivity index (χ2v) is 20.8. The van der Waals surface area contributed by atoms with Gasteiger partial charge in [-0.3, -0.25) is 0 Å². The topological polar surface area (TPSA) is 48.4 Å². The standard InChI is InChI=1S/C45H36N6S6/c1-49(2)28-7-10-31-40(22-28)55-43(46-31)37-16-13-34(52-37)25-19-26(35-14-17-38(53-35)44-47-32-11-8-29(50(3)4)23-41(32)56-44)21-27(20-25)36-15-18-39(54-36)45-48-33-12-9-30(51(5)6)24-42(33)57-45/h7-24H,1-6H3. The summed E-state index contributed by atoms with van der Waals surface area (Å²) in [6.45, 7) is 0. The Morgan fingerprint density at radius 1 is 0.316 bits per heavy atom. The van der Waals surface area contributed by atoms with Crippen LogP contribution in [-0.2, 0) is 0 Å². The van der Waals surface area contributed by atoms with E-state index < -0.39 is 0 Å². The van der Waals surface area contributed by atoms with E-state index in [9.17, 15) is 0 Å². The van der Waals surface area contributed by atoms with E-state index in [0.717, 1.165) is 31.6 Å². The smallest absolute Gasteiger partial charge is 0.134 e. The number of hydrogen-bond acceptors (Lipinski definition) is 12. The van der Waals surface area contributed by atoms with Gasteiger partial charge in [-0.1, -0.05) is 0 Å². The van der Waals surface area contributed by atoms with Crippen LogP contribution in [0.5, 0.6) is 0 Å². The molecule has 0 atom stereocenters. The van der Waals surface area contributed by atoms with Gasteiger partial charge in [-0.15, -0.1) is 68.0 Å². The fraction of sp³-hybridized carbons (Fsp3) is 0.133. The minimum atomic E-state index is 1.04. The lowest BCUT2D eigenvalue weighted by Gasteiger charge is -2.11. The minimum Gasteiger partial charge on any atom is -0.378 e. The van der Waals surface area contributed by atoms with Crippen LogP contribution in [0, 0.1) is 0 Å². The Kier molecular flexibility index (Phi) is 9.23. The average Bonchev–Trinajstić information content (AvgIpc) is 4.06. The molecule has 0 unspecified atom stereocenters. The molecular formula is C45H36N6S6. The number of anilines is 3. The summed E-state index contributed by atoms with van der Waals surface area (Å²) in [5.41, 5.74) is 10.3. The number of nitrogens with zero attached hydrogens (tertiary/aromatic N) is 6. The van der Waals surface area contributed by atoms with Gasteiger partial charge in [-0.05, 0) is 126 Å². The molecule has 57 heavy (non-hydrogen) atoms. The molecule has 0 saturated heterocycles. The van der Waals surface area contributed by atoms with Crippen molar-refractivity contribution < 1.29 is 0 Å². The number of benzene rings is 4. The van der Waals surface area contributed by atoms with E-state index in [4.69, 9.17) is 15.0 Å². The summed E-state index contributed by atoms with van der Waals surface area (Å²) in [5, 5.41) is 3.17. The number of rotatable bonds is 9. The number of fused-ring (bicyclic) bond motifs is 3. The van der Waals surface area contributed by atoms with Gasteiger partial charge in [-0.2, -0.15) is 0 Å². The average molecular weight is 853 g/mol. The molecule has 0 aliphatic carbocycles. The number of thiophene rings is 3. The molecule has 282 valence electrons. The van der Waals surface area contributed by atoms with E-state index in [0.29, 0.717) is 0 Å². The first-order valence-electron chi connectivity index (χ1n) is 18.3. The molecule has 0 bridgehead atoms. The van der Waals surface area contributed by atoms with Crippen LogP contribution in [0.1, 0.15) is 0 Å². The van der Waals surface area contributed by atoms with Gasteiger partial charge in [0.05, 0.1) is 45.3 Å². The third-order valence-electron chi connectivity index (χ3n) is 9.90. The van der Waals surface area contributed by atoms with Gasteiger partial charge in [-0.25, -0.2) is 15.0 Å². The maximum absolute atomic E-state index is 5.04. The van der Waals surface area contributed by atoms with Crippen LogP contribution in [-0.4, -0.2) is 57.2 Å². The van der Waals surface area contributed by atoms with E-state index in [1.54, 1.807) is 34.0 Å². The molecule has 0 radical (unpaired) electrons. The van der Waals surface area contributed by atoms with Crippen molar-refractivity contribution in [2.45, 2.75) is 0 Å².